The topological polar surface area (TPSA) is 93.1 Å². The van der Waals surface area contributed by atoms with Crippen LogP contribution in [0.25, 0.3) is 0 Å². The Morgan fingerprint density at radius 3 is 2.65 bits per heavy atom. The highest BCUT2D eigenvalue weighted by atomic mass is 16.7. The van der Waals surface area contributed by atoms with Crippen molar-refractivity contribution in [1.82, 2.24) is 0 Å². The molecule has 2 saturated carbocycles. The summed E-state index contributed by atoms with van der Waals surface area (Å²) in [6.07, 6.45) is 1.95. The molecule has 3 rings (SSSR count). The molecule has 0 aromatic rings. The van der Waals surface area contributed by atoms with E-state index in [1.807, 2.05) is 13.8 Å². The lowest BCUT2D eigenvalue weighted by molar-refractivity contribution is -0.230. The molecule has 144 valence electrons. The Bertz CT molecular complexity index is 707. The van der Waals surface area contributed by atoms with Gasteiger partial charge in [0, 0.05) is 34.5 Å². The summed E-state index contributed by atoms with van der Waals surface area (Å²) in [5, 5.41) is 22.0. The van der Waals surface area contributed by atoms with Gasteiger partial charge in [0.2, 0.25) is 5.79 Å². The van der Waals surface area contributed by atoms with Gasteiger partial charge in [0.05, 0.1) is 6.10 Å². The van der Waals surface area contributed by atoms with Gasteiger partial charge in [-0.25, -0.2) is 9.59 Å². The first-order valence-corrected chi connectivity index (χ1v) is 9.25. The zero-order valence-corrected chi connectivity index (χ0v) is 16.0. The van der Waals surface area contributed by atoms with E-state index < -0.39 is 23.3 Å². The van der Waals surface area contributed by atoms with Gasteiger partial charge in [0.15, 0.2) is 0 Å². The van der Waals surface area contributed by atoms with Crippen LogP contribution in [-0.2, 0) is 19.1 Å². The highest BCUT2D eigenvalue weighted by Crippen LogP contribution is 2.59. The van der Waals surface area contributed by atoms with Crippen molar-refractivity contribution in [2.45, 2.75) is 71.9 Å². The fourth-order valence-electron chi connectivity index (χ4n) is 4.91. The van der Waals surface area contributed by atoms with Gasteiger partial charge < -0.3 is 19.7 Å². The number of allylic oxidation sites excluding steroid dienone is 1. The average Bonchev–Trinajstić information content (AvgIpc) is 2.81. The molecule has 0 amide bonds. The number of carbonyl (C=O) groups excluding carboxylic acids is 2. The molecule has 0 spiro atoms. The summed E-state index contributed by atoms with van der Waals surface area (Å²) < 4.78 is 10.9. The summed E-state index contributed by atoms with van der Waals surface area (Å²) in [5.74, 6) is -2.82. The van der Waals surface area contributed by atoms with Gasteiger partial charge >= 0.3 is 11.9 Å². The summed E-state index contributed by atoms with van der Waals surface area (Å²) in [6.45, 7) is 9.00. The smallest absolute Gasteiger partial charge is 0.336 e. The second-order valence-electron chi connectivity index (χ2n) is 8.16. The lowest BCUT2D eigenvalue weighted by atomic mass is 9.51. The molecule has 1 aliphatic heterocycles. The SMILES string of the molecule is CC=C(C)C(=O)OC1CCC2CC3(O)OC(=O)C(C)=C3C(O)C2(C)C1C. The second kappa shape index (κ2) is 6.20. The molecule has 2 N–H and O–H groups in total. The molecule has 0 aromatic carbocycles. The van der Waals surface area contributed by atoms with Gasteiger partial charge in [-0.05, 0) is 39.5 Å². The van der Waals surface area contributed by atoms with E-state index in [4.69, 9.17) is 9.47 Å². The van der Waals surface area contributed by atoms with Crippen molar-refractivity contribution >= 4 is 11.9 Å². The minimum atomic E-state index is -1.71. The highest BCUT2D eigenvalue weighted by Gasteiger charge is 2.64. The molecule has 6 unspecified atom stereocenters. The van der Waals surface area contributed by atoms with Crippen molar-refractivity contribution in [2.24, 2.45) is 17.3 Å². The summed E-state index contributed by atoms with van der Waals surface area (Å²) >= 11 is 0. The molecular weight excluding hydrogens is 336 g/mol. The van der Waals surface area contributed by atoms with Gasteiger partial charge in [0.25, 0.3) is 0 Å². The Labute approximate surface area is 153 Å². The van der Waals surface area contributed by atoms with E-state index in [2.05, 4.69) is 0 Å². The molecule has 6 atom stereocenters. The van der Waals surface area contributed by atoms with Gasteiger partial charge in [-0.2, -0.15) is 0 Å². The van der Waals surface area contributed by atoms with E-state index in [9.17, 15) is 19.8 Å². The molecule has 0 saturated heterocycles. The molecule has 2 aliphatic carbocycles. The molecule has 6 heteroatoms. The van der Waals surface area contributed by atoms with Crippen LogP contribution in [0.15, 0.2) is 22.8 Å². The van der Waals surface area contributed by atoms with E-state index in [-0.39, 0.29) is 41.5 Å². The zero-order valence-electron chi connectivity index (χ0n) is 16.0. The van der Waals surface area contributed by atoms with Crippen molar-refractivity contribution in [3.05, 3.63) is 22.8 Å². The third-order valence-electron chi connectivity index (χ3n) is 7.01. The van der Waals surface area contributed by atoms with E-state index in [1.54, 1.807) is 26.8 Å². The summed E-state index contributed by atoms with van der Waals surface area (Å²) in [7, 11) is 0. The van der Waals surface area contributed by atoms with Crippen LogP contribution in [0.5, 0.6) is 0 Å². The van der Waals surface area contributed by atoms with Gasteiger partial charge in [-0.15, -0.1) is 0 Å². The van der Waals surface area contributed by atoms with Crippen LogP contribution >= 0.6 is 0 Å². The molecule has 6 nitrogen and oxygen atoms in total. The number of hydrogen-bond acceptors (Lipinski definition) is 6. The Kier molecular flexibility index (Phi) is 4.56. The lowest BCUT2D eigenvalue weighted by Crippen LogP contribution is -2.61. The van der Waals surface area contributed by atoms with Crippen LogP contribution < -0.4 is 0 Å². The molecule has 3 aliphatic rings. The Balaban J connectivity index is 1.93. The molecule has 1 heterocycles. The van der Waals surface area contributed by atoms with Crippen molar-refractivity contribution in [3.63, 3.8) is 0 Å². The standard InChI is InChI=1S/C20H28O6/c1-6-10(2)17(22)25-14-8-7-13-9-20(24)15(11(3)18(23)26-20)16(21)19(13,5)12(14)4/h6,12-14,16,21,24H,7-9H2,1-5H3. The number of fused-ring (bicyclic) bond motifs is 2. The summed E-state index contributed by atoms with van der Waals surface area (Å²) in [5.41, 5.74) is 0.473. The number of ether oxygens (including phenoxy) is 2. The second-order valence-corrected chi connectivity index (χ2v) is 8.16. The van der Waals surface area contributed by atoms with Crippen molar-refractivity contribution in [2.75, 3.05) is 0 Å². The van der Waals surface area contributed by atoms with E-state index >= 15 is 0 Å². The molecular formula is C20H28O6. The fourth-order valence-corrected chi connectivity index (χ4v) is 4.91. The van der Waals surface area contributed by atoms with Gasteiger partial charge in [-0.1, -0.05) is 19.9 Å². The minimum Gasteiger partial charge on any atom is -0.459 e. The van der Waals surface area contributed by atoms with Gasteiger partial charge in [-0.3, -0.25) is 0 Å². The Hall–Kier alpha value is -1.66. The fraction of sp³-hybridized carbons (Fsp3) is 0.700. The maximum atomic E-state index is 12.2. The monoisotopic (exact) mass is 364 g/mol. The molecule has 2 fully saturated rings. The molecule has 26 heavy (non-hydrogen) atoms. The Morgan fingerprint density at radius 2 is 2.04 bits per heavy atom. The number of rotatable bonds is 2. The summed E-state index contributed by atoms with van der Waals surface area (Å²) in [6, 6.07) is 0. The summed E-state index contributed by atoms with van der Waals surface area (Å²) in [4.78, 5) is 24.2. The maximum absolute atomic E-state index is 12.2. The van der Waals surface area contributed by atoms with Crippen molar-refractivity contribution in [1.29, 1.82) is 0 Å². The number of hydrogen-bond donors (Lipinski definition) is 2. The van der Waals surface area contributed by atoms with Crippen LogP contribution in [0.1, 0.15) is 53.9 Å². The third kappa shape index (κ3) is 2.54. The first kappa shape index (κ1) is 19.1. The molecule has 0 radical (unpaired) electrons. The quantitative estimate of drug-likeness (QED) is 0.577. The van der Waals surface area contributed by atoms with Crippen molar-refractivity contribution < 1.29 is 29.3 Å². The van der Waals surface area contributed by atoms with Crippen LogP contribution in [0.3, 0.4) is 0 Å². The molecule has 0 bridgehead atoms. The number of aliphatic hydroxyl groups is 2. The normalized spacial score (nSPS) is 42.9. The van der Waals surface area contributed by atoms with Crippen LogP contribution in [0, 0.1) is 17.3 Å². The average molecular weight is 364 g/mol. The van der Waals surface area contributed by atoms with Crippen LogP contribution in [0.2, 0.25) is 0 Å². The number of aliphatic hydroxyl groups excluding tert-OH is 1. The predicted octanol–water partition coefficient (Wildman–Crippen LogP) is 2.24. The highest BCUT2D eigenvalue weighted by molar-refractivity contribution is 5.92. The molecule has 0 aromatic heterocycles. The first-order valence-electron chi connectivity index (χ1n) is 9.25. The zero-order chi connectivity index (χ0) is 19.4. The van der Waals surface area contributed by atoms with E-state index in [0.717, 1.165) is 0 Å². The van der Waals surface area contributed by atoms with Crippen molar-refractivity contribution in [3.8, 4) is 0 Å². The van der Waals surface area contributed by atoms with Crippen LogP contribution in [-0.4, -0.2) is 40.1 Å². The number of carbonyl (C=O) groups is 2. The van der Waals surface area contributed by atoms with Crippen LogP contribution in [0.4, 0.5) is 0 Å². The minimum absolute atomic E-state index is 0.0438. The predicted molar refractivity (Wildman–Crippen MR) is 93.7 cm³/mol. The lowest BCUT2D eigenvalue weighted by Gasteiger charge is -2.57. The first-order chi connectivity index (χ1) is 12.1. The number of esters is 2. The maximum Gasteiger partial charge on any atom is 0.336 e. The van der Waals surface area contributed by atoms with E-state index in [0.29, 0.717) is 18.4 Å². The third-order valence-corrected chi connectivity index (χ3v) is 7.01. The van der Waals surface area contributed by atoms with Gasteiger partial charge in [0.1, 0.15) is 6.10 Å². The Morgan fingerprint density at radius 1 is 1.38 bits per heavy atom. The largest absolute Gasteiger partial charge is 0.459 e. The van der Waals surface area contributed by atoms with E-state index in [1.165, 1.54) is 0 Å².